The van der Waals surface area contributed by atoms with Crippen molar-refractivity contribution < 1.29 is 0 Å². The van der Waals surface area contributed by atoms with Crippen LogP contribution in [0.3, 0.4) is 0 Å². The molecule has 3 aliphatic carbocycles. The Kier molecular flexibility index (Phi) is 5.97. The first-order valence-corrected chi connectivity index (χ1v) is 19.1. The zero-order valence-corrected chi connectivity index (χ0v) is 29.4. The number of allylic oxidation sites excluding steroid dienone is 2. The van der Waals surface area contributed by atoms with Crippen LogP contribution in [0.2, 0.25) is 0 Å². The van der Waals surface area contributed by atoms with Crippen LogP contribution in [0.5, 0.6) is 0 Å². The molecular weight excluding hydrogens is 641 g/mol. The molecule has 0 fully saturated rings. The van der Waals surface area contributed by atoms with Gasteiger partial charge < -0.3 is 9.13 Å². The van der Waals surface area contributed by atoms with Gasteiger partial charge in [-0.2, -0.15) is 0 Å². The number of para-hydroxylation sites is 3. The Balaban J connectivity index is 1.10. The van der Waals surface area contributed by atoms with Gasteiger partial charge in [-0.05, 0) is 147 Å². The van der Waals surface area contributed by atoms with Gasteiger partial charge in [-0.25, -0.2) is 0 Å². The molecule has 0 saturated heterocycles. The smallest absolute Gasteiger partial charge is 0.0686 e. The van der Waals surface area contributed by atoms with E-state index >= 15 is 0 Å². The molecule has 0 bridgehead atoms. The maximum absolute atomic E-state index is 2.55. The van der Waals surface area contributed by atoms with Gasteiger partial charge in [0.05, 0.1) is 22.0 Å². The van der Waals surface area contributed by atoms with Gasteiger partial charge in [0.25, 0.3) is 0 Å². The molecule has 2 heterocycles. The summed E-state index contributed by atoms with van der Waals surface area (Å²) in [5.41, 5.74) is 20.1. The lowest BCUT2D eigenvalue weighted by Gasteiger charge is -2.34. The maximum atomic E-state index is 2.55. The molecule has 0 N–H and O–H groups in total. The van der Waals surface area contributed by atoms with E-state index in [0.29, 0.717) is 0 Å². The molecule has 53 heavy (non-hydrogen) atoms. The van der Waals surface area contributed by atoms with Crippen molar-refractivity contribution in [2.75, 3.05) is 0 Å². The van der Waals surface area contributed by atoms with Gasteiger partial charge in [0.15, 0.2) is 0 Å². The summed E-state index contributed by atoms with van der Waals surface area (Å²) in [6, 6.07) is 61.6. The molecule has 2 nitrogen and oxygen atoms in total. The Bertz CT molecular complexity index is 3010. The third-order valence-corrected chi connectivity index (χ3v) is 12.6. The molecule has 2 heteroatoms. The van der Waals surface area contributed by atoms with Gasteiger partial charge in [0.2, 0.25) is 0 Å². The summed E-state index contributed by atoms with van der Waals surface area (Å²) in [6.45, 7) is 0. The number of benzene rings is 7. The van der Waals surface area contributed by atoms with E-state index in [0.717, 1.165) is 12.8 Å². The van der Waals surface area contributed by atoms with Crippen LogP contribution in [0.1, 0.15) is 47.9 Å². The lowest BCUT2D eigenvalue weighted by molar-refractivity contribution is 0.642. The third kappa shape index (κ3) is 3.88. The molecule has 3 aliphatic rings. The largest absolute Gasteiger partial charge is 0.317 e. The summed E-state index contributed by atoms with van der Waals surface area (Å²) in [5.74, 6) is 0. The van der Waals surface area contributed by atoms with Crippen LogP contribution in [0, 0.1) is 0 Å². The van der Waals surface area contributed by atoms with E-state index in [1.807, 2.05) is 0 Å². The highest BCUT2D eigenvalue weighted by molar-refractivity contribution is 6.10. The summed E-state index contributed by atoms with van der Waals surface area (Å²) in [5, 5.41) is 3.83. The number of hydrogen-bond donors (Lipinski definition) is 0. The average molecular weight is 677 g/mol. The van der Waals surface area contributed by atoms with Crippen molar-refractivity contribution >= 4 is 38.3 Å². The fraction of sp³-hybridized carbons (Fsp3) is 0.0980. The topological polar surface area (TPSA) is 9.86 Å². The lowest BCUT2D eigenvalue weighted by Crippen LogP contribution is -2.28. The molecule has 250 valence electrons. The summed E-state index contributed by atoms with van der Waals surface area (Å²) >= 11 is 0. The summed E-state index contributed by atoms with van der Waals surface area (Å²) in [7, 11) is 0. The van der Waals surface area contributed by atoms with Gasteiger partial charge in [-0.3, -0.25) is 0 Å². The van der Waals surface area contributed by atoms with Crippen molar-refractivity contribution in [2.24, 2.45) is 0 Å². The van der Waals surface area contributed by atoms with Crippen molar-refractivity contribution in [1.82, 2.24) is 9.13 Å². The lowest BCUT2D eigenvalue weighted by atomic mass is 9.67. The second-order valence-electron chi connectivity index (χ2n) is 15.1. The first-order chi connectivity index (χ1) is 26.3. The van der Waals surface area contributed by atoms with Crippen molar-refractivity contribution in [2.45, 2.75) is 31.1 Å². The minimum Gasteiger partial charge on any atom is -0.317 e. The molecule has 0 saturated carbocycles. The zero-order chi connectivity index (χ0) is 34.7. The minimum atomic E-state index is -0.306. The number of fused-ring (bicyclic) bond motifs is 13. The predicted molar refractivity (Wildman–Crippen MR) is 220 cm³/mol. The fourth-order valence-corrected chi connectivity index (χ4v) is 10.4. The molecule has 0 aliphatic heterocycles. The van der Waals surface area contributed by atoms with Gasteiger partial charge in [-0.15, -0.1) is 0 Å². The monoisotopic (exact) mass is 676 g/mol. The summed E-state index contributed by atoms with van der Waals surface area (Å²) in [4.78, 5) is 0. The summed E-state index contributed by atoms with van der Waals surface area (Å²) in [6.07, 6.45) is 7.02. The number of nitrogens with zero attached hydrogens (tertiary/aromatic N) is 2. The molecule has 1 atom stereocenters. The maximum Gasteiger partial charge on any atom is 0.0686 e. The normalized spacial score (nSPS) is 17.1. The first kappa shape index (κ1) is 29.2. The Morgan fingerprint density at radius 1 is 0.434 bits per heavy atom. The highest BCUT2D eigenvalue weighted by atomic mass is 15.0. The van der Waals surface area contributed by atoms with E-state index in [1.54, 1.807) is 11.1 Å². The van der Waals surface area contributed by atoms with E-state index < -0.39 is 0 Å². The minimum absolute atomic E-state index is 0.306. The van der Waals surface area contributed by atoms with Crippen molar-refractivity contribution in [3.63, 3.8) is 0 Å². The van der Waals surface area contributed by atoms with Crippen LogP contribution in [0.25, 0.3) is 71.9 Å². The zero-order valence-electron chi connectivity index (χ0n) is 29.4. The van der Waals surface area contributed by atoms with Crippen molar-refractivity contribution in [3.05, 3.63) is 198 Å². The van der Waals surface area contributed by atoms with Gasteiger partial charge in [0, 0.05) is 28.3 Å². The number of rotatable bonds is 3. The van der Waals surface area contributed by atoms with Crippen LogP contribution in [0.4, 0.5) is 0 Å². The van der Waals surface area contributed by atoms with E-state index in [-0.39, 0.29) is 5.41 Å². The Morgan fingerprint density at radius 3 is 2.06 bits per heavy atom. The molecule has 7 aromatic carbocycles. The van der Waals surface area contributed by atoms with Crippen molar-refractivity contribution in [3.8, 4) is 33.6 Å². The highest BCUT2D eigenvalue weighted by Crippen LogP contribution is 2.64. The van der Waals surface area contributed by atoms with Crippen LogP contribution in [0.15, 0.2) is 176 Å². The molecular formula is C51H36N2. The molecule has 1 spiro atoms. The van der Waals surface area contributed by atoms with Gasteiger partial charge in [-0.1, -0.05) is 103 Å². The standard InChI is InChI=1S/C51H36N2/c1-2-13-36(14-3-1)53-49-21-11-7-17-42(49)43-30-34(23-27-50(43)53)35-22-25-40-41-26-24-37(52-29-28-33-12-4-10-20-48(33)52)32-47(41)51(46(40)31-35)44-18-8-5-15-38(44)39-16-6-9-19-45(39)51/h1-5,7-8,10-15,17-18,20-32H,6,9,16,19H2. The second-order valence-corrected chi connectivity index (χ2v) is 15.1. The number of aromatic nitrogens is 2. The second kappa shape index (κ2) is 10.8. The third-order valence-electron chi connectivity index (χ3n) is 12.6. The number of hydrogen-bond acceptors (Lipinski definition) is 0. The first-order valence-electron chi connectivity index (χ1n) is 19.1. The highest BCUT2D eigenvalue weighted by Gasteiger charge is 2.53. The van der Waals surface area contributed by atoms with Gasteiger partial charge >= 0.3 is 0 Å². The fourth-order valence-electron chi connectivity index (χ4n) is 10.4. The van der Waals surface area contributed by atoms with Crippen LogP contribution >= 0.6 is 0 Å². The Morgan fingerprint density at radius 2 is 1.13 bits per heavy atom. The molecule has 0 radical (unpaired) electrons. The van der Waals surface area contributed by atoms with Crippen molar-refractivity contribution in [1.29, 1.82) is 0 Å². The van der Waals surface area contributed by atoms with E-state index in [1.165, 1.54) is 101 Å². The molecule has 0 amide bonds. The van der Waals surface area contributed by atoms with Crippen LogP contribution in [-0.2, 0) is 5.41 Å². The molecule has 12 rings (SSSR count). The Labute approximate surface area is 308 Å². The Hall–Kier alpha value is -6.38. The van der Waals surface area contributed by atoms with Crippen LogP contribution in [-0.4, -0.2) is 9.13 Å². The average Bonchev–Trinajstić information content (AvgIpc) is 3.96. The van der Waals surface area contributed by atoms with E-state index in [2.05, 4.69) is 179 Å². The van der Waals surface area contributed by atoms with Gasteiger partial charge in [0.1, 0.15) is 0 Å². The SMILES string of the molecule is c1ccc(-n2c3ccccc3c3cc(-c4ccc5c(c4)C4(C6=C(CCCC6)c6ccccc64)c4cc(-n6ccc7ccccc76)ccc4-5)ccc32)cc1. The van der Waals surface area contributed by atoms with E-state index in [9.17, 15) is 0 Å². The quantitative estimate of drug-likeness (QED) is 0.176. The molecule has 2 aromatic heterocycles. The van der Waals surface area contributed by atoms with E-state index in [4.69, 9.17) is 0 Å². The van der Waals surface area contributed by atoms with Crippen LogP contribution < -0.4 is 0 Å². The molecule has 1 unspecified atom stereocenters. The summed E-state index contributed by atoms with van der Waals surface area (Å²) < 4.78 is 4.77. The predicted octanol–water partition coefficient (Wildman–Crippen LogP) is 13.1. The molecule has 9 aromatic rings.